The van der Waals surface area contributed by atoms with Crippen molar-refractivity contribution in [1.29, 1.82) is 5.26 Å². The lowest BCUT2D eigenvalue weighted by molar-refractivity contribution is -0.146. The van der Waals surface area contributed by atoms with Crippen molar-refractivity contribution in [3.05, 3.63) is 35.9 Å². The fourth-order valence-corrected chi connectivity index (χ4v) is 3.89. The molecule has 5 heteroatoms. The normalized spacial score (nSPS) is 23.8. The summed E-state index contributed by atoms with van der Waals surface area (Å²) in [4.78, 5) is 17.4. The first kappa shape index (κ1) is 17.9. The van der Waals surface area contributed by atoms with E-state index in [-0.39, 0.29) is 5.91 Å². The van der Waals surface area contributed by atoms with E-state index >= 15 is 0 Å². The number of rotatable bonds is 4. The monoisotopic (exact) mass is 341 g/mol. The third-order valence-corrected chi connectivity index (χ3v) is 5.56. The average molecular weight is 341 g/mol. The predicted octanol–water partition coefficient (Wildman–Crippen LogP) is 2.43. The summed E-state index contributed by atoms with van der Waals surface area (Å²) in [7, 11) is 0. The second kappa shape index (κ2) is 7.99. The Kier molecular flexibility index (Phi) is 5.72. The summed E-state index contributed by atoms with van der Waals surface area (Å²) in [5, 5.41) is 9.65. The molecule has 2 aliphatic rings. The number of ether oxygens (including phenoxy) is 1. The molecule has 2 aliphatic heterocycles. The van der Waals surface area contributed by atoms with Gasteiger partial charge >= 0.3 is 0 Å². The molecule has 1 aromatic rings. The van der Waals surface area contributed by atoms with E-state index < -0.39 is 5.41 Å². The van der Waals surface area contributed by atoms with Gasteiger partial charge in [0.2, 0.25) is 5.91 Å². The van der Waals surface area contributed by atoms with E-state index in [0.717, 1.165) is 19.5 Å². The highest BCUT2D eigenvalue weighted by molar-refractivity contribution is 5.85. The van der Waals surface area contributed by atoms with Gasteiger partial charge in [-0.05, 0) is 24.8 Å². The summed E-state index contributed by atoms with van der Waals surface area (Å²) in [5.41, 5.74) is 0.427. The Hall–Kier alpha value is -1.90. The number of carbonyl (C=O) groups is 1. The Morgan fingerprint density at radius 2 is 2.00 bits per heavy atom. The first-order chi connectivity index (χ1) is 12.2. The Bertz CT molecular complexity index is 620. The van der Waals surface area contributed by atoms with Crippen LogP contribution in [0.5, 0.6) is 0 Å². The van der Waals surface area contributed by atoms with Gasteiger partial charge in [0.05, 0.1) is 6.07 Å². The quantitative estimate of drug-likeness (QED) is 0.844. The Morgan fingerprint density at radius 1 is 1.28 bits per heavy atom. The summed E-state index contributed by atoms with van der Waals surface area (Å²) in [5.74, 6) is 0.0103. The van der Waals surface area contributed by atoms with Crippen LogP contribution in [0.2, 0.25) is 0 Å². The fourth-order valence-electron chi connectivity index (χ4n) is 3.89. The van der Waals surface area contributed by atoms with Crippen LogP contribution in [0.4, 0.5) is 0 Å². The molecule has 2 heterocycles. The standard InChI is InChI=1S/C20H27N3O2/c1-2-18-15-23(19(24)20(16-21)8-12-25-13-9-20)11-10-22(18)14-17-6-4-3-5-7-17/h3-7,18H,2,8-15H2,1H3. The van der Waals surface area contributed by atoms with Crippen LogP contribution in [0.25, 0.3) is 0 Å². The molecule has 2 fully saturated rings. The minimum absolute atomic E-state index is 0.0103. The summed E-state index contributed by atoms with van der Waals surface area (Å²) < 4.78 is 5.36. The zero-order valence-corrected chi connectivity index (χ0v) is 15.0. The van der Waals surface area contributed by atoms with Crippen molar-refractivity contribution in [3.63, 3.8) is 0 Å². The van der Waals surface area contributed by atoms with Crippen LogP contribution in [0.1, 0.15) is 31.7 Å². The van der Waals surface area contributed by atoms with Crippen LogP contribution >= 0.6 is 0 Å². The summed E-state index contributed by atoms with van der Waals surface area (Å²) in [6.45, 7) is 6.37. The molecule has 0 aliphatic carbocycles. The lowest BCUT2D eigenvalue weighted by Crippen LogP contribution is -2.57. The molecule has 1 unspecified atom stereocenters. The maximum Gasteiger partial charge on any atom is 0.243 e. The second-order valence-corrected chi connectivity index (χ2v) is 7.08. The van der Waals surface area contributed by atoms with Crippen LogP contribution < -0.4 is 0 Å². The Morgan fingerprint density at radius 3 is 2.64 bits per heavy atom. The highest BCUT2D eigenvalue weighted by Crippen LogP contribution is 2.33. The zero-order chi connectivity index (χ0) is 17.7. The van der Waals surface area contributed by atoms with Crippen LogP contribution in [0, 0.1) is 16.7 Å². The first-order valence-corrected chi connectivity index (χ1v) is 9.25. The van der Waals surface area contributed by atoms with E-state index in [1.165, 1.54) is 5.56 Å². The number of hydrogen-bond acceptors (Lipinski definition) is 4. The largest absolute Gasteiger partial charge is 0.381 e. The van der Waals surface area contributed by atoms with Crippen LogP contribution in [-0.4, -0.2) is 54.6 Å². The minimum atomic E-state index is -0.877. The molecule has 0 radical (unpaired) electrons. The third kappa shape index (κ3) is 3.86. The van der Waals surface area contributed by atoms with E-state index in [9.17, 15) is 10.1 Å². The number of nitriles is 1. The van der Waals surface area contributed by atoms with Crippen molar-refractivity contribution in [3.8, 4) is 6.07 Å². The molecule has 0 bridgehead atoms. The lowest BCUT2D eigenvalue weighted by Gasteiger charge is -2.44. The zero-order valence-electron chi connectivity index (χ0n) is 15.0. The molecule has 0 N–H and O–H groups in total. The average Bonchev–Trinajstić information content (AvgIpc) is 2.69. The maximum absolute atomic E-state index is 13.1. The molecule has 0 aromatic heterocycles. The number of carbonyl (C=O) groups excluding carboxylic acids is 1. The molecular formula is C20H27N3O2. The summed E-state index contributed by atoms with van der Waals surface area (Å²) >= 11 is 0. The van der Waals surface area contributed by atoms with Crippen LogP contribution in [0.15, 0.2) is 30.3 Å². The van der Waals surface area contributed by atoms with Gasteiger partial charge in [0, 0.05) is 45.4 Å². The lowest BCUT2D eigenvalue weighted by atomic mass is 9.80. The molecule has 1 amide bonds. The molecule has 134 valence electrons. The van der Waals surface area contributed by atoms with E-state index in [4.69, 9.17) is 4.74 Å². The van der Waals surface area contributed by atoms with E-state index in [2.05, 4.69) is 42.2 Å². The van der Waals surface area contributed by atoms with Gasteiger partial charge in [0.1, 0.15) is 5.41 Å². The summed E-state index contributed by atoms with van der Waals surface area (Å²) in [6.07, 6.45) is 2.03. The topological polar surface area (TPSA) is 56.6 Å². The van der Waals surface area contributed by atoms with Gasteiger partial charge in [-0.25, -0.2) is 0 Å². The fraction of sp³-hybridized carbons (Fsp3) is 0.600. The van der Waals surface area contributed by atoms with Crippen molar-refractivity contribution in [2.45, 2.75) is 38.8 Å². The van der Waals surface area contributed by atoms with Gasteiger partial charge in [-0.3, -0.25) is 9.69 Å². The maximum atomic E-state index is 13.1. The molecule has 0 saturated carbocycles. The molecule has 1 atom stereocenters. The summed E-state index contributed by atoms with van der Waals surface area (Å²) in [6, 6.07) is 13.1. The van der Waals surface area contributed by atoms with Gasteiger partial charge in [-0.15, -0.1) is 0 Å². The Balaban J connectivity index is 1.66. The second-order valence-electron chi connectivity index (χ2n) is 7.08. The molecule has 3 rings (SSSR count). The Labute approximate surface area is 150 Å². The minimum Gasteiger partial charge on any atom is -0.381 e. The number of piperazine rings is 1. The van der Waals surface area contributed by atoms with Gasteiger partial charge < -0.3 is 9.64 Å². The molecular weight excluding hydrogens is 314 g/mol. The van der Waals surface area contributed by atoms with E-state index in [1.807, 2.05) is 11.0 Å². The van der Waals surface area contributed by atoms with Crippen molar-refractivity contribution in [1.82, 2.24) is 9.80 Å². The highest BCUT2D eigenvalue weighted by atomic mass is 16.5. The third-order valence-electron chi connectivity index (χ3n) is 5.56. The molecule has 0 spiro atoms. The van der Waals surface area contributed by atoms with Gasteiger partial charge in [0.15, 0.2) is 0 Å². The van der Waals surface area contributed by atoms with E-state index in [1.54, 1.807) is 0 Å². The molecule has 5 nitrogen and oxygen atoms in total. The number of hydrogen-bond donors (Lipinski definition) is 0. The SMILES string of the molecule is CCC1CN(C(=O)C2(C#N)CCOCC2)CCN1Cc1ccccc1. The van der Waals surface area contributed by atoms with Crippen LogP contribution in [-0.2, 0) is 16.1 Å². The van der Waals surface area contributed by atoms with Gasteiger partial charge in [0.25, 0.3) is 0 Å². The predicted molar refractivity (Wildman–Crippen MR) is 95.6 cm³/mol. The molecule has 2 saturated heterocycles. The first-order valence-electron chi connectivity index (χ1n) is 9.25. The highest BCUT2D eigenvalue weighted by Gasteiger charge is 2.44. The van der Waals surface area contributed by atoms with Gasteiger partial charge in [-0.2, -0.15) is 5.26 Å². The van der Waals surface area contributed by atoms with Crippen molar-refractivity contribution >= 4 is 5.91 Å². The van der Waals surface area contributed by atoms with Crippen molar-refractivity contribution in [2.24, 2.45) is 5.41 Å². The van der Waals surface area contributed by atoms with Crippen LogP contribution in [0.3, 0.4) is 0 Å². The van der Waals surface area contributed by atoms with Crippen molar-refractivity contribution in [2.75, 3.05) is 32.8 Å². The molecule has 25 heavy (non-hydrogen) atoms. The number of nitrogens with zero attached hydrogens (tertiary/aromatic N) is 3. The van der Waals surface area contributed by atoms with Gasteiger partial charge in [-0.1, -0.05) is 37.3 Å². The number of benzene rings is 1. The smallest absolute Gasteiger partial charge is 0.243 e. The van der Waals surface area contributed by atoms with E-state index in [0.29, 0.717) is 45.2 Å². The molecule has 1 aromatic carbocycles. The number of amides is 1. The van der Waals surface area contributed by atoms with Crippen molar-refractivity contribution < 1.29 is 9.53 Å².